The lowest BCUT2D eigenvalue weighted by molar-refractivity contribution is 0.107. The van der Waals surface area contributed by atoms with Gasteiger partial charge in [0.25, 0.3) is 0 Å². The van der Waals surface area contributed by atoms with Crippen molar-refractivity contribution in [2.75, 3.05) is 13.6 Å². The van der Waals surface area contributed by atoms with Gasteiger partial charge in [-0.25, -0.2) is 4.98 Å². The van der Waals surface area contributed by atoms with Crippen molar-refractivity contribution in [1.82, 2.24) is 19.6 Å². The highest BCUT2D eigenvalue weighted by Crippen LogP contribution is 2.18. The molecule has 1 N–H and O–H groups in total. The predicted octanol–water partition coefficient (Wildman–Crippen LogP) is 2.44. The molecule has 6 nitrogen and oxygen atoms in total. The maximum atomic E-state index is 10.4. The summed E-state index contributed by atoms with van der Waals surface area (Å²) in [4.78, 5) is 6.48. The van der Waals surface area contributed by atoms with Crippen LogP contribution in [0.3, 0.4) is 0 Å². The molecule has 0 aliphatic carbocycles. The Morgan fingerprint density at radius 3 is 2.67 bits per heavy atom. The van der Waals surface area contributed by atoms with Gasteiger partial charge in [-0.05, 0) is 51.1 Å². The third-order valence-corrected chi connectivity index (χ3v) is 4.28. The number of nitrogens with zero attached hydrogens (tertiary/aromatic N) is 4. The Hall–Kier alpha value is -2.18. The maximum Gasteiger partial charge on any atom is 0.133 e. The molecule has 1 aromatic carbocycles. The predicted molar refractivity (Wildman–Crippen MR) is 92.8 cm³/mol. The van der Waals surface area contributed by atoms with Crippen molar-refractivity contribution in [1.29, 1.82) is 0 Å². The standard InChI is InChI=1S/C18H24N4O2/c1-12-5-17-18(6-13(12)2)22(11-19-17)10-16(23)9-21(4)8-15-7-14(3)24-20-15/h5-7,11,16,23H,8-10H2,1-4H3. The molecule has 1 atom stereocenters. The molecule has 3 rings (SSSR count). The van der Waals surface area contributed by atoms with Gasteiger partial charge in [0.05, 0.1) is 35.7 Å². The molecule has 0 radical (unpaired) electrons. The van der Waals surface area contributed by atoms with Gasteiger partial charge in [-0.15, -0.1) is 0 Å². The van der Waals surface area contributed by atoms with Gasteiger partial charge in [0.15, 0.2) is 0 Å². The molecule has 6 heteroatoms. The highest BCUT2D eigenvalue weighted by Gasteiger charge is 2.13. The first-order chi connectivity index (χ1) is 11.4. The molecular weight excluding hydrogens is 304 g/mol. The van der Waals surface area contributed by atoms with E-state index < -0.39 is 6.10 Å². The Kier molecular flexibility index (Phi) is 4.69. The van der Waals surface area contributed by atoms with E-state index in [2.05, 4.69) is 36.1 Å². The van der Waals surface area contributed by atoms with E-state index in [1.165, 1.54) is 11.1 Å². The van der Waals surface area contributed by atoms with Crippen LogP contribution in [-0.2, 0) is 13.1 Å². The summed E-state index contributed by atoms with van der Waals surface area (Å²) in [7, 11) is 1.97. The van der Waals surface area contributed by atoms with Gasteiger partial charge in [0, 0.05) is 19.2 Å². The first-order valence-corrected chi connectivity index (χ1v) is 8.13. The number of benzene rings is 1. The van der Waals surface area contributed by atoms with Gasteiger partial charge in [-0.3, -0.25) is 4.90 Å². The van der Waals surface area contributed by atoms with Crippen LogP contribution in [0.5, 0.6) is 0 Å². The van der Waals surface area contributed by atoms with E-state index >= 15 is 0 Å². The van der Waals surface area contributed by atoms with Gasteiger partial charge in [0.2, 0.25) is 0 Å². The topological polar surface area (TPSA) is 67.3 Å². The number of aliphatic hydroxyl groups excluding tert-OH is 1. The molecular formula is C18H24N4O2. The van der Waals surface area contributed by atoms with E-state index in [4.69, 9.17) is 4.52 Å². The molecule has 0 aliphatic rings. The van der Waals surface area contributed by atoms with Gasteiger partial charge in [-0.2, -0.15) is 0 Å². The number of rotatable bonds is 6. The summed E-state index contributed by atoms with van der Waals surface area (Å²) in [6.45, 7) is 7.77. The third kappa shape index (κ3) is 3.66. The Morgan fingerprint density at radius 2 is 1.96 bits per heavy atom. The minimum atomic E-state index is -0.484. The molecule has 0 bridgehead atoms. The summed E-state index contributed by atoms with van der Waals surface area (Å²) in [5.74, 6) is 0.800. The average Bonchev–Trinajstić information content (AvgIpc) is 3.07. The van der Waals surface area contributed by atoms with E-state index in [1.54, 1.807) is 6.33 Å². The number of aromatic nitrogens is 3. The van der Waals surface area contributed by atoms with Crippen LogP contribution in [0.15, 0.2) is 29.0 Å². The van der Waals surface area contributed by atoms with Crippen LogP contribution in [-0.4, -0.2) is 44.4 Å². The van der Waals surface area contributed by atoms with Crippen molar-refractivity contribution in [3.05, 3.63) is 47.1 Å². The van der Waals surface area contributed by atoms with Crippen LogP contribution in [0.2, 0.25) is 0 Å². The van der Waals surface area contributed by atoms with Crippen molar-refractivity contribution in [2.24, 2.45) is 0 Å². The lowest BCUT2D eigenvalue weighted by Gasteiger charge is -2.20. The maximum absolute atomic E-state index is 10.4. The lowest BCUT2D eigenvalue weighted by atomic mass is 10.1. The van der Waals surface area contributed by atoms with Crippen LogP contribution in [0.4, 0.5) is 0 Å². The number of hydrogen-bond donors (Lipinski definition) is 1. The van der Waals surface area contributed by atoms with Crippen LogP contribution in [0.25, 0.3) is 11.0 Å². The van der Waals surface area contributed by atoms with E-state index in [9.17, 15) is 5.11 Å². The van der Waals surface area contributed by atoms with Gasteiger partial charge in [-0.1, -0.05) is 5.16 Å². The largest absolute Gasteiger partial charge is 0.390 e. The second kappa shape index (κ2) is 6.75. The third-order valence-electron chi connectivity index (χ3n) is 4.28. The Morgan fingerprint density at radius 1 is 1.21 bits per heavy atom. The second-order valence-electron chi connectivity index (χ2n) is 6.60. The monoisotopic (exact) mass is 328 g/mol. The highest BCUT2D eigenvalue weighted by atomic mass is 16.5. The summed E-state index contributed by atoms with van der Waals surface area (Å²) < 4.78 is 7.09. The van der Waals surface area contributed by atoms with Gasteiger partial charge >= 0.3 is 0 Å². The summed E-state index contributed by atoms with van der Waals surface area (Å²) in [5, 5.41) is 14.4. The fourth-order valence-electron chi connectivity index (χ4n) is 2.94. The van der Waals surface area contributed by atoms with E-state index in [0.717, 1.165) is 22.5 Å². The summed E-state index contributed by atoms with van der Waals surface area (Å²) >= 11 is 0. The zero-order valence-corrected chi connectivity index (χ0v) is 14.7. The fraction of sp³-hybridized carbons (Fsp3) is 0.444. The van der Waals surface area contributed by atoms with E-state index in [1.807, 2.05) is 29.5 Å². The summed E-state index contributed by atoms with van der Waals surface area (Å²) in [6.07, 6.45) is 1.32. The Balaban J connectivity index is 1.64. The molecule has 24 heavy (non-hydrogen) atoms. The minimum Gasteiger partial charge on any atom is -0.390 e. The number of fused-ring (bicyclic) bond motifs is 1. The van der Waals surface area contributed by atoms with Crippen LogP contribution >= 0.6 is 0 Å². The molecule has 0 saturated heterocycles. The molecule has 3 aromatic rings. The zero-order valence-electron chi connectivity index (χ0n) is 14.7. The number of imidazole rings is 1. The number of aliphatic hydroxyl groups is 1. The molecule has 0 saturated carbocycles. The SMILES string of the molecule is Cc1cc(CN(C)CC(O)Cn2cnc3cc(C)c(C)cc32)no1. The molecule has 2 aromatic heterocycles. The molecule has 0 spiro atoms. The first kappa shape index (κ1) is 16.7. The smallest absolute Gasteiger partial charge is 0.133 e. The molecule has 0 amide bonds. The van der Waals surface area contributed by atoms with Crippen molar-refractivity contribution in [3.8, 4) is 0 Å². The van der Waals surface area contributed by atoms with Crippen molar-refractivity contribution >= 4 is 11.0 Å². The van der Waals surface area contributed by atoms with Crippen LogP contribution < -0.4 is 0 Å². The Labute approximate surface area is 141 Å². The van der Waals surface area contributed by atoms with Gasteiger partial charge < -0.3 is 14.2 Å². The number of hydrogen-bond acceptors (Lipinski definition) is 5. The fourth-order valence-corrected chi connectivity index (χ4v) is 2.94. The van der Waals surface area contributed by atoms with Crippen molar-refractivity contribution in [2.45, 2.75) is 40.0 Å². The van der Waals surface area contributed by atoms with Crippen molar-refractivity contribution in [3.63, 3.8) is 0 Å². The van der Waals surface area contributed by atoms with Crippen LogP contribution in [0.1, 0.15) is 22.6 Å². The van der Waals surface area contributed by atoms with Crippen LogP contribution in [0, 0.1) is 20.8 Å². The Bertz CT molecular complexity index is 837. The van der Waals surface area contributed by atoms with Crippen molar-refractivity contribution < 1.29 is 9.63 Å². The van der Waals surface area contributed by atoms with E-state index in [0.29, 0.717) is 19.6 Å². The minimum absolute atomic E-state index is 0.484. The second-order valence-corrected chi connectivity index (χ2v) is 6.60. The number of likely N-dealkylation sites (N-methyl/N-ethyl adjacent to an activating group) is 1. The zero-order chi connectivity index (χ0) is 17.3. The normalized spacial score (nSPS) is 13.1. The van der Waals surface area contributed by atoms with E-state index in [-0.39, 0.29) is 0 Å². The summed E-state index contributed by atoms with van der Waals surface area (Å²) in [6, 6.07) is 6.14. The highest BCUT2D eigenvalue weighted by molar-refractivity contribution is 5.77. The average molecular weight is 328 g/mol. The molecule has 0 fully saturated rings. The molecule has 0 aliphatic heterocycles. The quantitative estimate of drug-likeness (QED) is 0.753. The molecule has 2 heterocycles. The molecule has 1 unspecified atom stereocenters. The van der Waals surface area contributed by atoms with Gasteiger partial charge in [0.1, 0.15) is 5.76 Å². The lowest BCUT2D eigenvalue weighted by Crippen LogP contribution is -2.31. The molecule has 128 valence electrons. The number of aryl methyl sites for hydroxylation is 3. The summed E-state index contributed by atoms with van der Waals surface area (Å²) in [5.41, 5.74) is 5.37. The first-order valence-electron chi connectivity index (χ1n) is 8.13.